The summed E-state index contributed by atoms with van der Waals surface area (Å²) in [5.74, 6) is 1.85. The highest BCUT2D eigenvalue weighted by molar-refractivity contribution is 5.48. The zero-order chi connectivity index (χ0) is 12.8. The molecule has 1 aliphatic rings. The molecule has 0 spiro atoms. The second kappa shape index (κ2) is 6.54. The lowest BCUT2D eigenvalue weighted by atomic mass is 10.2. The topological polar surface area (TPSA) is 50.3 Å². The molecule has 1 aromatic rings. The van der Waals surface area contributed by atoms with Crippen molar-refractivity contribution in [3.63, 3.8) is 0 Å². The van der Waals surface area contributed by atoms with E-state index in [1.807, 2.05) is 6.07 Å². The summed E-state index contributed by atoms with van der Waals surface area (Å²) in [5.41, 5.74) is 0. The number of nitrogens with one attached hydrogen (secondary N) is 1. The van der Waals surface area contributed by atoms with Gasteiger partial charge in [0.15, 0.2) is 0 Å². The summed E-state index contributed by atoms with van der Waals surface area (Å²) in [6.07, 6.45) is 4.30. The Kier molecular flexibility index (Phi) is 4.75. The molecule has 100 valence electrons. The molecule has 1 fully saturated rings. The predicted molar refractivity (Wildman–Crippen MR) is 73.1 cm³/mol. The van der Waals surface area contributed by atoms with E-state index in [1.54, 1.807) is 6.33 Å². The zero-order valence-electron chi connectivity index (χ0n) is 11.2. The van der Waals surface area contributed by atoms with Crippen molar-refractivity contribution < 1.29 is 4.74 Å². The normalized spacial score (nSPS) is 18.9. The maximum atomic E-state index is 5.68. The third-order valence-electron chi connectivity index (χ3n) is 3.16. The van der Waals surface area contributed by atoms with Gasteiger partial charge in [0, 0.05) is 32.3 Å². The molecule has 2 rings (SSSR count). The standard InChI is InChI=1S/C13H22N4O/c1-3-14-12-8-13(16-10-15-12)17(4-2)9-11-6-5-7-18-11/h8,10-11H,3-7,9H2,1-2H3,(H,14,15,16). The largest absolute Gasteiger partial charge is 0.376 e. The SMILES string of the molecule is CCNc1cc(N(CC)CC2CCCO2)ncn1. The van der Waals surface area contributed by atoms with Gasteiger partial charge in [-0.15, -0.1) is 0 Å². The highest BCUT2D eigenvalue weighted by Gasteiger charge is 2.19. The molecule has 0 bridgehead atoms. The van der Waals surface area contributed by atoms with Crippen LogP contribution in [0.15, 0.2) is 12.4 Å². The van der Waals surface area contributed by atoms with Gasteiger partial charge in [-0.2, -0.15) is 0 Å². The molecule has 1 saturated heterocycles. The number of likely N-dealkylation sites (N-methyl/N-ethyl adjacent to an activating group) is 1. The van der Waals surface area contributed by atoms with E-state index in [2.05, 4.69) is 34.0 Å². The Morgan fingerprint density at radius 2 is 2.33 bits per heavy atom. The minimum atomic E-state index is 0.350. The van der Waals surface area contributed by atoms with Gasteiger partial charge in [0.25, 0.3) is 0 Å². The number of nitrogens with zero attached hydrogens (tertiary/aromatic N) is 3. The van der Waals surface area contributed by atoms with E-state index in [0.29, 0.717) is 6.10 Å². The van der Waals surface area contributed by atoms with E-state index >= 15 is 0 Å². The van der Waals surface area contributed by atoms with Gasteiger partial charge in [0.05, 0.1) is 6.10 Å². The molecule has 0 aromatic carbocycles. The first-order valence-electron chi connectivity index (χ1n) is 6.76. The lowest BCUT2D eigenvalue weighted by Crippen LogP contribution is -2.32. The van der Waals surface area contributed by atoms with Gasteiger partial charge in [0.2, 0.25) is 0 Å². The quantitative estimate of drug-likeness (QED) is 0.836. The van der Waals surface area contributed by atoms with Crippen LogP contribution in [0.1, 0.15) is 26.7 Å². The van der Waals surface area contributed by atoms with E-state index in [4.69, 9.17) is 4.74 Å². The van der Waals surface area contributed by atoms with Crippen LogP contribution < -0.4 is 10.2 Å². The van der Waals surface area contributed by atoms with Crippen LogP contribution >= 0.6 is 0 Å². The van der Waals surface area contributed by atoms with Crippen LogP contribution in [-0.2, 0) is 4.74 Å². The van der Waals surface area contributed by atoms with Crippen LogP contribution in [0.3, 0.4) is 0 Å². The van der Waals surface area contributed by atoms with Crippen LogP contribution in [0.25, 0.3) is 0 Å². The molecule has 0 aliphatic carbocycles. The van der Waals surface area contributed by atoms with Gasteiger partial charge in [-0.3, -0.25) is 0 Å². The Morgan fingerprint density at radius 1 is 1.44 bits per heavy atom. The minimum absolute atomic E-state index is 0.350. The second-order valence-electron chi connectivity index (χ2n) is 4.47. The molecule has 1 aromatic heterocycles. The van der Waals surface area contributed by atoms with Gasteiger partial charge in [-0.25, -0.2) is 9.97 Å². The fourth-order valence-electron chi connectivity index (χ4n) is 2.22. The third kappa shape index (κ3) is 3.32. The molecule has 1 unspecified atom stereocenters. The molecular weight excluding hydrogens is 228 g/mol. The summed E-state index contributed by atoms with van der Waals surface area (Å²) in [6, 6.07) is 2.00. The van der Waals surface area contributed by atoms with Crippen molar-refractivity contribution >= 4 is 11.6 Å². The minimum Gasteiger partial charge on any atom is -0.376 e. The molecule has 18 heavy (non-hydrogen) atoms. The Hall–Kier alpha value is -1.36. The van der Waals surface area contributed by atoms with Gasteiger partial charge in [-0.1, -0.05) is 0 Å². The number of rotatable bonds is 6. The first kappa shape index (κ1) is 13.1. The summed E-state index contributed by atoms with van der Waals surface area (Å²) in [7, 11) is 0. The maximum Gasteiger partial charge on any atom is 0.134 e. The number of hydrogen-bond acceptors (Lipinski definition) is 5. The van der Waals surface area contributed by atoms with Gasteiger partial charge in [0.1, 0.15) is 18.0 Å². The monoisotopic (exact) mass is 250 g/mol. The fourth-order valence-corrected chi connectivity index (χ4v) is 2.22. The van der Waals surface area contributed by atoms with Crippen molar-refractivity contribution in [2.75, 3.05) is 36.5 Å². The van der Waals surface area contributed by atoms with Crippen molar-refractivity contribution in [3.8, 4) is 0 Å². The average Bonchev–Trinajstić information content (AvgIpc) is 2.89. The Labute approximate surface area is 109 Å². The van der Waals surface area contributed by atoms with E-state index in [0.717, 1.165) is 44.3 Å². The third-order valence-corrected chi connectivity index (χ3v) is 3.16. The lowest BCUT2D eigenvalue weighted by molar-refractivity contribution is 0.115. The van der Waals surface area contributed by atoms with Gasteiger partial charge >= 0.3 is 0 Å². The molecule has 2 heterocycles. The molecule has 5 heteroatoms. The van der Waals surface area contributed by atoms with E-state index in [9.17, 15) is 0 Å². The number of aromatic nitrogens is 2. The maximum absolute atomic E-state index is 5.68. The van der Waals surface area contributed by atoms with Crippen molar-refractivity contribution in [1.82, 2.24) is 9.97 Å². The number of ether oxygens (including phenoxy) is 1. The van der Waals surface area contributed by atoms with E-state index < -0.39 is 0 Å². The molecule has 0 amide bonds. The van der Waals surface area contributed by atoms with Crippen molar-refractivity contribution in [1.29, 1.82) is 0 Å². The van der Waals surface area contributed by atoms with Crippen LogP contribution in [0, 0.1) is 0 Å². The zero-order valence-corrected chi connectivity index (χ0v) is 11.2. The fraction of sp³-hybridized carbons (Fsp3) is 0.692. The van der Waals surface area contributed by atoms with Crippen molar-refractivity contribution in [3.05, 3.63) is 12.4 Å². The van der Waals surface area contributed by atoms with Crippen molar-refractivity contribution in [2.45, 2.75) is 32.8 Å². The molecule has 0 saturated carbocycles. The molecule has 1 atom stereocenters. The van der Waals surface area contributed by atoms with Crippen LogP contribution in [0.2, 0.25) is 0 Å². The molecule has 1 N–H and O–H groups in total. The first-order chi connectivity index (χ1) is 8.83. The Morgan fingerprint density at radius 3 is 3.00 bits per heavy atom. The van der Waals surface area contributed by atoms with E-state index in [-0.39, 0.29) is 0 Å². The summed E-state index contributed by atoms with van der Waals surface area (Å²) < 4.78 is 5.68. The lowest BCUT2D eigenvalue weighted by Gasteiger charge is -2.25. The van der Waals surface area contributed by atoms with Gasteiger partial charge < -0.3 is 15.0 Å². The average molecular weight is 250 g/mol. The second-order valence-corrected chi connectivity index (χ2v) is 4.47. The molecule has 0 radical (unpaired) electrons. The first-order valence-corrected chi connectivity index (χ1v) is 6.76. The summed E-state index contributed by atoms with van der Waals surface area (Å²) in [5, 5.41) is 3.21. The number of anilines is 2. The van der Waals surface area contributed by atoms with Crippen LogP contribution in [-0.4, -0.2) is 42.3 Å². The van der Waals surface area contributed by atoms with Crippen molar-refractivity contribution in [2.24, 2.45) is 0 Å². The Balaban J connectivity index is 2.03. The highest BCUT2D eigenvalue weighted by Crippen LogP contribution is 2.18. The molecular formula is C13H22N4O. The van der Waals surface area contributed by atoms with Crippen LogP contribution in [0.5, 0.6) is 0 Å². The molecule has 1 aliphatic heterocycles. The smallest absolute Gasteiger partial charge is 0.134 e. The summed E-state index contributed by atoms with van der Waals surface area (Å²) in [4.78, 5) is 10.8. The van der Waals surface area contributed by atoms with E-state index in [1.165, 1.54) is 6.42 Å². The molecule has 5 nitrogen and oxygen atoms in total. The van der Waals surface area contributed by atoms with Gasteiger partial charge in [-0.05, 0) is 26.7 Å². The Bertz CT molecular complexity index is 366. The summed E-state index contributed by atoms with van der Waals surface area (Å²) >= 11 is 0. The predicted octanol–water partition coefficient (Wildman–Crippen LogP) is 1.91. The van der Waals surface area contributed by atoms with Crippen LogP contribution in [0.4, 0.5) is 11.6 Å². The summed E-state index contributed by atoms with van der Waals surface area (Å²) in [6.45, 7) is 7.82. The number of hydrogen-bond donors (Lipinski definition) is 1. The highest BCUT2D eigenvalue weighted by atomic mass is 16.5.